The van der Waals surface area contributed by atoms with Crippen LogP contribution in [0.2, 0.25) is 0 Å². The molecule has 0 radical (unpaired) electrons. The lowest BCUT2D eigenvalue weighted by atomic mass is 10.0. The van der Waals surface area contributed by atoms with Crippen LogP contribution >= 0.6 is 17.0 Å². The number of carbonyl (C=O) groups is 5. The largest absolute Gasteiger partial charge is 0.529 e. The SMILES string of the molecule is CCCP(Oc1cc(OC)ccc1C(C)=O)Oc1cc(OC)ccc1C(=O)c1ccccc1OP(O/C(C)=C/C(=C\C=C(/C)C(C)=O)OC)Oc1cc(OC)ccc1C(C)=O.COc1ccc(C(C)=O)c(C)c1. The second kappa shape index (κ2) is 28.5. The monoisotopic (exact) mass is 1040 g/mol. The summed E-state index contributed by atoms with van der Waals surface area (Å²) in [4.78, 5) is 62.7. The molecule has 386 valence electrons. The molecule has 2 atom stereocenters. The van der Waals surface area contributed by atoms with Gasteiger partial charge >= 0.3 is 8.60 Å². The van der Waals surface area contributed by atoms with Gasteiger partial charge in [0.25, 0.3) is 8.38 Å². The molecule has 0 saturated heterocycles. The summed E-state index contributed by atoms with van der Waals surface area (Å²) in [6.07, 6.45) is 5.93. The van der Waals surface area contributed by atoms with Crippen molar-refractivity contribution in [3.8, 4) is 46.0 Å². The fourth-order valence-electron chi connectivity index (χ4n) is 6.49. The number of aryl methyl sites for hydroxylation is 1. The number of Topliss-reactive ketones (excluding diaryl/α,β-unsaturated/α-hetero) is 4. The average molecular weight is 1040 g/mol. The number of rotatable bonds is 25. The number of ether oxygens (including phenoxy) is 5. The summed E-state index contributed by atoms with van der Waals surface area (Å²) in [5.41, 5.74) is 3.13. The Morgan fingerprint density at radius 3 is 1.41 bits per heavy atom. The molecule has 0 aliphatic heterocycles. The van der Waals surface area contributed by atoms with Crippen LogP contribution in [0.5, 0.6) is 46.0 Å². The van der Waals surface area contributed by atoms with Crippen LogP contribution in [0.15, 0.2) is 132 Å². The van der Waals surface area contributed by atoms with Gasteiger partial charge in [0.05, 0.1) is 57.8 Å². The Balaban J connectivity index is 0.000000841. The van der Waals surface area contributed by atoms with Crippen LogP contribution in [0, 0.1) is 6.92 Å². The molecule has 0 heterocycles. The predicted octanol–water partition coefficient (Wildman–Crippen LogP) is 13.4. The zero-order chi connectivity index (χ0) is 53.8. The Bertz CT molecular complexity index is 2870. The Kier molecular flexibility index (Phi) is 22.7. The lowest BCUT2D eigenvalue weighted by Crippen LogP contribution is -2.10. The van der Waals surface area contributed by atoms with E-state index in [0.717, 1.165) is 16.9 Å². The maximum absolute atomic E-state index is 14.7. The number of methoxy groups -OCH3 is 5. The van der Waals surface area contributed by atoms with Crippen LogP contribution in [0.4, 0.5) is 0 Å². The van der Waals surface area contributed by atoms with Crippen molar-refractivity contribution < 1.29 is 70.3 Å². The highest BCUT2D eigenvalue weighted by atomic mass is 31.2. The standard InChI is InChI=1S/C46H50O13P2.C10H12O2/c1-11-24-60(56-43-26-35(52-8)18-21-38(43)32(5)48)57-45-28-37(54-10)20-23-41(45)46(50)40-14-12-13-15-42(40)58-61(59-44-27-36(53-9)19-22-39(44)33(6)49)55-30(3)25-34(51-7)17-16-29(2)31(4)47;1-7-6-9(12-3)4-5-10(7)8(2)11/h12-23,25-28H,11,24H2,1-10H3;4-6H,1-3H3/b29-16+,30-25+,34-17+;. The molecule has 5 aromatic rings. The van der Waals surface area contributed by atoms with E-state index in [-0.39, 0.29) is 62.8 Å². The van der Waals surface area contributed by atoms with Crippen molar-refractivity contribution in [2.75, 3.05) is 41.7 Å². The molecule has 5 rings (SSSR count). The van der Waals surface area contributed by atoms with E-state index in [9.17, 15) is 24.0 Å². The van der Waals surface area contributed by atoms with Crippen LogP contribution < -0.4 is 37.0 Å². The average Bonchev–Trinajstić information content (AvgIpc) is 3.37. The van der Waals surface area contributed by atoms with Crippen LogP contribution in [-0.4, -0.2) is 70.6 Å². The number of ketones is 5. The normalized spacial score (nSPS) is 12.2. The lowest BCUT2D eigenvalue weighted by molar-refractivity contribution is -0.113. The second-order valence-electron chi connectivity index (χ2n) is 15.9. The Morgan fingerprint density at radius 1 is 0.507 bits per heavy atom. The molecule has 5 aromatic carbocycles. The number of benzene rings is 5. The molecule has 0 fully saturated rings. The molecular formula is C56H62O15P2. The summed E-state index contributed by atoms with van der Waals surface area (Å²) >= 11 is 0. The van der Waals surface area contributed by atoms with Crippen molar-refractivity contribution in [3.05, 3.63) is 166 Å². The van der Waals surface area contributed by atoms with Crippen molar-refractivity contribution in [1.29, 1.82) is 0 Å². The van der Waals surface area contributed by atoms with Gasteiger partial charge in [0, 0.05) is 36.0 Å². The Labute approximate surface area is 429 Å². The van der Waals surface area contributed by atoms with E-state index in [4.69, 9.17) is 46.3 Å². The van der Waals surface area contributed by atoms with E-state index in [0.29, 0.717) is 52.5 Å². The van der Waals surface area contributed by atoms with Gasteiger partial charge in [-0.3, -0.25) is 24.0 Å². The minimum absolute atomic E-state index is 0.0927. The van der Waals surface area contributed by atoms with Gasteiger partial charge < -0.3 is 46.3 Å². The van der Waals surface area contributed by atoms with Crippen LogP contribution in [0.25, 0.3) is 0 Å². The smallest absolute Gasteiger partial charge is 0.497 e. The molecule has 0 aliphatic carbocycles. The van der Waals surface area contributed by atoms with Crippen molar-refractivity contribution in [2.45, 2.75) is 61.8 Å². The van der Waals surface area contributed by atoms with E-state index in [1.165, 1.54) is 55.3 Å². The van der Waals surface area contributed by atoms with Gasteiger partial charge in [0.1, 0.15) is 57.5 Å². The molecule has 0 spiro atoms. The molecule has 0 saturated carbocycles. The summed E-state index contributed by atoms with van der Waals surface area (Å²) in [6.45, 7) is 13.1. The molecule has 0 aliphatic rings. The fourth-order valence-corrected chi connectivity index (χ4v) is 8.85. The predicted molar refractivity (Wildman–Crippen MR) is 282 cm³/mol. The first kappa shape index (κ1) is 58.1. The maximum atomic E-state index is 14.7. The van der Waals surface area contributed by atoms with E-state index in [1.807, 2.05) is 19.9 Å². The van der Waals surface area contributed by atoms with E-state index < -0.39 is 22.8 Å². The first-order valence-corrected chi connectivity index (χ1v) is 25.3. The van der Waals surface area contributed by atoms with Crippen molar-refractivity contribution >= 4 is 45.9 Å². The number of hydrogen-bond donors (Lipinski definition) is 0. The molecule has 0 N–H and O–H groups in total. The minimum Gasteiger partial charge on any atom is -0.497 e. The highest BCUT2D eigenvalue weighted by Crippen LogP contribution is 2.48. The van der Waals surface area contributed by atoms with E-state index in [2.05, 4.69) is 0 Å². The van der Waals surface area contributed by atoms with Gasteiger partial charge in [0.2, 0.25) is 5.78 Å². The summed E-state index contributed by atoms with van der Waals surface area (Å²) in [6, 6.07) is 26.5. The highest BCUT2D eigenvalue weighted by molar-refractivity contribution is 7.48. The van der Waals surface area contributed by atoms with Gasteiger partial charge in [-0.25, -0.2) is 0 Å². The third-order valence-corrected chi connectivity index (χ3v) is 13.3. The number of para-hydroxylation sites is 1. The lowest BCUT2D eigenvalue weighted by Gasteiger charge is -2.22. The third kappa shape index (κ3) is 17.1. The van der Waals surface area contributed by atoms with Crippen LogP contribution in [-0.2, 0) is 14.1 Å². The summed E-state index contributed by atoms with van der Waals surface area (Å²) < 4.78 is 58.7. The first-order valence-electron chi connectivity index (χ1n) is 22.8. The zero-order valence-corrected chi connectivity index (χ0v) is 45.2. The van der Waals surface area contributed by atoms with Gasteiger partial charge in [-0.15, -0.1) is 0 Å². The number of carbonyl (C=O) groups excluding carboxylic acids is 5. The molecule has 73 heavy (non-hydrogen) atoms. The molecule has 2 unspecified atom stereocenters. The summed E-state index contributed by atoms with van der Waals surface area (Å²) in [7, 11) is 3.37. The fraction of sp³-hybridized carbons (Fsp3) is 0.268. The molecular weight excluding hydrogens is 975 g/mol. The molecule has 15 nitrogen and oxygen atoms in total. The van der Waals surface area contributed by atoms with Crippen LogP contribution in [0.1, 0.15) is 107 Å². The molecule has 0 amide bonds. The Morgan fingerprint density at radius 2 is 0.945 bits per heavy atom. The maximum Gasteiger partial charge on any atom is 0.529 e. The Hall–Kier alpha value is -7.47. The minimum atomic E-state index is -2.45. The topological polar surface area (TPSA) is 178 Å². The number of allylic oxidation sites excluding steroid dienone is 5. The van der Waals surface area contributed by atoms with Gasteiger partial charge in [0.15, 0.2) is 23.1 Å². The first-order chi connectivity index (χ1) is 34.9. The van der Waals surface area contributed by atoms with Gasteiger partial charge in [-0.05, 0) is 139 Å². The molecule has 0 bridgehead atoms. The third-order valence-electron chi connectivity index (χ3n) is 10.5. The van der Waals surface area contributed by atoms with Crippen molar-refractivity contribution in [3.63, 3.8) is 0 Å². The molecule has 0 aromatic heterocycles. The highest BCUT2D eigenvalue weighted by Gasteiger charge is 2.29. The van der Waals surface area contributed by atoms with Crippen molar-refractivity contribution in [1.82, 2.24) is 0 Å². The summed E-state index contributed by atoms with van der Waals surface area (Å²) in [5, 5.41) is 0. The van der Waals surface area contributed by atoms with E-state index >= 15 is 0 Å². The summed E-state index contributed by atoms with van der Waals surface area (Å²) in [5.74, 6) is 2.49. The molecule has 17 heteroatoms. The van der Waals surface area contributed by atoms with Gasteiger partial charge in [-0.2, -0.15) is 0 Å². The van der Waals surface area contributed by atoms with Crippen molar-refractivity contribution in [2.24, 2.45) is 0 Å². The zero-order valence-electron chi connectivity index (χ0n) is 43.4. The van der Waals surface area contributed by atoms with Crippen LogP contribution in [0.3, 0.4) is 0 Å². The quantitative estimate of drug-likeness (QED) is 0.0177. The van der Waals surface area contributed by atoms with Gasteiger partial charge in [-0.1, -0.05) is 25.1 Å². The second-order valence-corrected chi connectivity index (χ2v) is 18.4. The van der Waals surface area contributed by atoms with E-state index in [1.54, 1.807) is 131 Å². The number of hydrogen-bond acceptors (Lipinski definition) is 15.